The van der Waals surface area contributed by atoms with E-state index in [9.17, 15) is 31.5 Å². The number of nitrogens with zero attached hydrogens (tertiary/aromatic N) is 2. The van der Waals surface area contributed by atoms with Gasteiger partial charge in [0, 0.05) is 55.1 Å². The third kappa shape index (κ3) is 4.69. The van der Waals surface area contributed by atoms with Crippen molar-refractivity contribution in [2.24, 2.45) is 0 Å². The second-order valence-corrected chi connectivity index (χ2v) is 8.03. The molecule has 0 unspecified atom stereocenters. The maximum Gasteiger partial charge on any atom is 0.416 e. The number of hydrogen-bond donors (Lipinski definition) is 1. The van der Waals surface area contributed by atoms with Gasteiger partial charge in [-0.05, 0) is 36.4 Å². The van der Waals surface area contributed by atoms with Crippen LogP contribution >= 0.6 is 0 Å². The predicted octanol–water partition coefficient (Wildman–Crippen LogP) is 4.90. The van der Waals surface area contributed by atoms with Gasteiger partial charge in [0.05, 0.1) is 5.56 Å². The molecule has 3 aromatic rings. The molecule has 2 amide bonds. The SMILES string of the molecule is CC(F)(F)c1ccc(C(=O)N2CCN(C(=O)c3cc4cc(C(F)(F)F)ccc4[nH]3)CC2)cc1. The molecule has 174 valence electrons. The maximum atomic E-state index is 13.4. The molecule has 1 aliphatic heterocycles. The van der Waals surface area contributed by atoms with Gasteiger partial charge in [0.15, 0.2) is 0 Å². The van der Waals surface area contributed by atoms with Gasteiger partial charge in [-0.25, -0.2) is 8.78 Å². The standard InChI is InChI=1S/C23H20F5N3O2/c1-22(24,25)16-4-2-14(3-5-16)20(32)30-8-10-31(11-9-30)21(33)19-13-15-12-17(23(26,27)28)6-7-18(15)29-19/h2-7,12-13,29H,8-11H2,1H3. The van der Waals surface area contributed by atoms with E-state index in [1.165, 1.54) is 46.2 Å². The zero-order valence-electron chi connectivity index (χ0n) is 17.5. The van der Waals surface area contributed by atoms with Crippen LogP contribution in [0.3, 0.4) is 0 Å². The van der Waals surface area contributed by atoms with Crippen LogP contribution in [-0.4, -0.2) is 52.8 Å². The van der Waals surface area contributed by atoms with E-state index in [0.29, 0.717) is 5.52 Å². The van der Waals surface area contributed by atoms with E-state index in [1.54, 1.807) is 0 Å². The zero-order valence-corrected chi connectivity index (χ0v) is 17.5. The van der Waals surface area contributed by atoms with E-state index in [2.05, 4.69) is 4.98 Å². The van der Waals surface area contributed by atoms with Crippen molar-refractivity contribution in [2.75, 3.05) is 26.2 Å². The topological polar surface area (TPSA) is 56.4 Å². The number of amides is 2. The summed E-state index contributed by atoms with van der Waals surface area (Å²) in [7, 11) is 0. The highest BCUT2D eigenvalue weighted by Gasteiger charge is 2.31. The highest BCUT2D eigenvalue weighted by Crippen LogP contribution is 2.32. The van der Waals surface area contributed by atoms with Gasteiger partial charge in [0.2, 0.25) is 0 Å². The van der Waals surface area contributed by atoms with E-state index in [4.69, 9.17) is 0 Å². The van der Waals surface area contributed by atoms with E-state index in [0.717, 1.165) is 19.1 Å². The number of carbonyl (C=O) groups excluding carboxylic acids is 2. The summed E-state index contributed by atoms with van der Waals surface area (Å²) in [4.78, 5) is 31.4. The lowest BCUT2D eigenvalue weighted by Gasteiger charge is -2.34. The van der Waals surface area contributed by atoms with Gasteiger partial charge in [-0.2, -0.15) is 13.2 Å². The Morgan fingerprint density at radius 3 is 1.88 bits per heavy atom. The Hall–Kier alpha value is -3.43. The molecule has 1 saturated heterocycles. The van der Waals surface area contributed by atoms with Crippen molar-refractivity contribution < 1.29 is 31.5 Å². The average Bonchev–Trinajstić information content (AvgIpc) is 3.20. The van der Waals surface area contributed by atoms with Crippen LogP contribution in [0.5, 0.6) is 0 Å². The number of fused-ring (bicyclic) bond motifs is 1. The summed E-state index contributed by atoms with van der Waals surface area (Å²) >= 11 is 0. The summed E-state index contributed by atoms with van der Waals surface area (Å²) < 4.78 is 65.5. The Balaban J connectivity index is 1.41. The van der Waals surface area contributed by atoms with Gasteiger partial charge in [0.25, 0.3) is 17.7 Å². The van der Waals surface area contributed by atoms with Gasteiger partial charge in [-0.15, -0.1) is 0 Å². The number of benzene rings is 2. The first-order chi connectivity index (χ1) is 15.4. The molecule has 1 aromatic heterocycles. The number of H-pyrrole nitrogens is 1. The molecule has 0 bridgehead atoms. The van der Waals surface area contributed by atoms with Gasteiger partial charge in [-0.3, -0.25) is 9.59 Å². The Labute approximate surface area is 185 Å². The van der Waals surface area contributed by atoms with Crippen LogP contribution in [0, 0.1) is 0 Å². The molecule has 1 fully saturated rings. The van der Waals surface area contributed by atoms with Gasteiger partial charge >= 0.3 is 6.18 Å². The Bertz CT molecular complexity index is 1190. The van der Waals surface area contributed by atoms with Crippen molar-refractivity contribution >= 4 is 22.7 Å². The lowest BCUT2D eigenvalue weighted by molar-refractivity contribution is -0.137. The molecule has 2 heterocycles. The lowest BCUT2D eigenvalue weighted by Crippen LogP contribution is -2.50. The molecule has 5 nitrogen and oxygen atoms in total. The summed E-state index contributed by atoms with van der Waals surface area (Å²) in [5.41, 5.74) is -0.119. The zero-order chi connectivity index (χ0) is 24.0. The second kappa shape index (κ2) is 8.17. The molecule has 1 N–H and O–H groups in total. The summed E-state index contributed by atoms with van der Waals surface area (Å²) in [6, 6.07) is 9.74. The molecule has 4 rings (SSSR count). The fourth-order valence-electron chi connectivity index (χ4n) is 3.80. The number of carbonyl (C=O) groups is 2. The molecule has 0 aliphatic carbocycles. The van der Waals surface area contributed by atoms with Crippen molar-refractivity contribution in [3.8, 4) is 0 Å². The van der Waals surface area contributed by atoms with Crippen LogP contribution in [0.25, 0.3) is 10.9 Å². The summed E-state index contributed by atoms with van der Waals surface area (Å²) in [6.45, 7) is 1.74. The number of alkyl halides is 5. The number of aromatic nitrogens is 1. The Morgan fingerprint density at radius 2 is 1.33 bits per heavy atom. The van der Waals surface area contributed by atoms with Crippen LogP contribution in [-0.2, 0) is 12.1 Å². The van der Waals surface area contributed by atoms with Gasteiger partial charge < -0.3 is 14.8 Å². The van der Waals surface area contributed by atoms with Crippen molar-refractivity contribution in [3.05, 3.63) is 70.9 Å². The largest absolute Gasteiger partial charge is 0.416 e. The fourth-order valence-corrected chi connectivity index (χ4v) is 3.80. The van der Waals surface area contributed by atoms with E-state index >= 15 is 0 Å². The van der Waals surface area contributed by atoms with Crippen molar-refractivity contribution in [2.45, 2.75) is 19.0 Å². The van der Waals surface area contributed by atoms with Crippen LogP contribution in [0.4, 0.5) is 22.0 Å². The molecule has 10 heteroatoms. The minimum atomic E-state index is -4.48. The smallest absolute Gasteiger partial charge is 0.351 e. The molecule has 1 aliphatic rings. The molecular weight excluding hydrogens is 445 g/mol. The van der Waals surface area contributed by atoms with Crippen molar-refractivity contribution in [1.29, 1.82) is 0 Å². The van der Waals surface area contributed by atoms with E-state index in [1.807, 2.05) is 0 Å². The number of halogens is 5. The summed E-state index contributed by atoms with van der Waals surface area (Å²) in [5, 5.41) is 0.281. The highest BCUT2D eigenvalue weighted by molar-refractivity contribution is 5.98. The fraction of sp³-hybridized carbons (Fsp3) is 0.304. The van der Waals surface area contributed by atoms with Crippen LogP contribution in [0.15, 0.2) is 48.5 Å². The molecule has 0 radical (unpaired) electrons. The number of rotatable bonds is 3. The molecule has 33 heavy (non-hydrogen) atoms. The van der Waals surface area contributed by atoms with Crippen molar-refractivity contribution in [1.82, 2.24) is 14.8 Å². The van der Waals surface area contributed by atoms with Crippen LogP contribution in [0.2, 0.25) is 0 Å². The number of nitrogens with one attached hydrogen (secondary N) is 1. The lowest BCUT2D eigenvalue weighted by atomic mass is 10.1. The average molecular weight is 465 g/mol. The van der Waals surface area contributed by atoms with Crippen LogP contribution < -0.4 is 0 Å². The Morgan fingerprint density at radius 1 is 0.788 bits per heavy atom. The molecular formula is C23H20F5N3O2. The highest BCUT2D eigenvalue weighted by atomic mass is 19.4. The van der Waals surface area contributed by atoms with E-state index in [-0.39, 0.29) is 60.2 Å². The molecule has 0 spiro atoms. The first-order valence-corrected chi connectivity index (χ1v) is 10.2. The third-order valence-electron chi connectivity index (χ3n) is 5.67. The van der Waals surface area contributed by atoms with E-state index < -0.39 is 17.7 Å². The van der Waals surface area contributed by atoms with Crippen LogP contribution in [0.1, 0.15) is 38.9 Å². The van der Waals surface area contributed by atoms with Gasteiger partial charge in [-0.1, -0.05) is 12.1 Å². The second-order valence-electron chi connectivity index (χ2n) is 8.03. The number of hydrogen-bond acceptors (Lipinski definition) is 2. The summed E-state index contributed by atoms with van der Waals surface area (Å²) in [5.74, 6) is -3.69. The summed E-state index contributed by atoms with van der Waals surface area (Å²) in [6.07, 6.45) is -4.48. The first-order valence-electron chi connectivity index (χ1n) is 10.2. The quantitative estimate of drug-likeness (QED) is 0.560. The Kier molecular flexibility index (Phi) is 5.63. The minimum Gasteiger partial charge on any atom is -0.351 e. The normalized spacial score (nSPS) is 15.2. The molecule has 2 aromatic carbocycles. The monoisotopic (exact) mass is 465 g/mol. The van der Waals surface area contributed by atoms with Crippen molar-refractivity contribution in [3.63, 3.8) is 0 Å². The number of piperazine rings is 1. The first kappa shape index (κ1) is 22.8. The van der Waals surface area contributed by atoms with Gasteiger partial charge in [0.1, 0.15) is 5.69 Å². The maximum absolute atomic E-state index is 13.4. The minimum absolute atomic E-state index is 0.167. The number of aromatic amines is 1. The molecule has 0 atom stereocenters. The molecule has 0 saturated carbocycles. The predicted molar refractivity (Wildman–Crippen MR) is 111 cm³/mol. The third-order valence-corrected chi connectivity index (χ3v) is 5.67.